The second-order valence-electron chi connectivity index (χ2n) is 8.13. The van der Waals surface area contributed by atoms with Crippen molar-refractivity contribution in [1.29, 1.82) is 0 Å². The Morgan fingerprint density at radius 2 is 1.83 bits per heavy atom. The Morgan fingerprint density at radius 3 is 2.47 bits per heavy atom. The minimum Gasteiger partial charge on any atom is -0.497 e. The van der Waals surface area contributed by atoms with E-state index in [0.29, 0.717) is 12.1 Å². The predicted octanol–water partition coefficient (Wildman–Crippen LogP) is 3.95. The summed E-state index contributed by atoms with van der Waals surface area (Å²) in [5.74, 6) is 0.954. The topological polar surface area (TPSA) is 44.8 Å². The molecule has 0 bridgehead atoms. The highest BCUT2D eigenvalue weighted by Gasteiger charge is 2.31. The van der Waals surface area contributed by atoms with Crippen LogP contribution < -0.4 is 10.1 Å². The second kappa shape index (κ2) is 10.1. The van der Waals surface area contributed by atoms with Crippen molar-refractivity contribution in [2.75, 3.05) is 33.3 Å². The third kappa shape index (κ3) is 4.85. The van der Waals surface area contributed by atoms with E-state index in [-0.39, 0.29) is 11.9 Å². The first-order chi connectivity index (χ1) is 14.5. The lowest BCUT2D eigenvalue weighted by molar-refractivity contribution is 0.0773. The molecule has 0 radical (unpaired) electrons. The molecule has 2 aromatic carbocycles. The van der Waals surface area contributed by atoms with Crippen LogP contribution in [-0.2, 0) is 0 Å². The summed E-state index contributed by atoms with van der Waals surface area (Å²) in [4.78, 5) is 17.1. The van der Waals surface area contributed by atoms with Crippen LogP contribution in [-0.4, -0.2) is 61.1 Å². The normalized spacial score (nSPS) is 20.6. The number of rotatable bonds is 7. The number of piperazine rings is 1. The Hall–Kier alpha value is -2.37. The first-order valence-electron chi connectivity index (χ1n) is 11.0. The van der Waals surface area contributed by atoms with Crippen molar-refractivity contribution in [2.45, 2.75) is 45.8 Å². The lowest BCUT2D eigenvalue weighted by Crippen LogP contribution is -2.55. The van der Waals surface area contributed by atoms with Gasteiger partial charge in [0.1, 0.15) is 5.75 Å². The summed E-state index contributed by atoms with van der Waals surface area (Å²) < 4.78 is 5.50. The minimum atomic E-state index is 0.0913. The van der Waals surface area contributed by atoms with E-state index >= 15 is 0 Å². The zero-order chi connectivity index (χ0) is 21.7. The van der Waals surface area contributed by atoms with Crippen molar-refractivity contribution in [1.82, 2.24) is 15.1 Å². The van der Waals surface area contributed by atoms with Crippen LogP contribution in [0.25, 0.3) is 0 Å². The molecule has 0 aliphatic carbocycles. The fraction of sp³-hybridized carbons (Fsp3) is 0.480. The highest BCUT2D eigenvalue weighted by molar-refractivity contribution is 5.94. The van der Waals surface area contributed by atoms with Crippen molar-refractivity contribution in [2.24, 2.45) is 0 Å². The number of methoxy groups -OCH3 is 1. The molecule has 1 heterocycles. The first-order valence-corrected chi connectivity index (χ1v) is 11.0. The van der Waals surface area contributed by atoms with E-state index in [0.717, 1.165) is 37.5 Å². The van der Waals surface area contributed by atoms with Gasteiger partial charge in [-0.15, -0.1) is 0 Å². The fourth-order valence-corrected chi connectivity index (χ4v) is 4.30. The molecule has 0 aromatic heterocycles. The van der Waals surface area contributed by atoms with Gasteiger partial charge >= 0.3 is 0 Å². The van der Waals surface area contributed by atoms with Gasteiger partial charge in [0.15, 0.2) is 0 Å². The molecule has 3 atom stereocenters. The van der Waals surface area contributed by atoms with Gasteiger partial charge in [-0.1, -0.05) is 24.3 Å². The number of hydrogen-bond acceptors (Lipinski definition) is 4. The van der Waals surface area contributed by atoms with Crippen LogP contribution >= 0.6 is 0 Å². The van der Waals surface area contributed by atoms with Crippen molar-refractivity contribution >= 4 is 5.91 Å². The largest absolute Gasteiger partial charge is 0.497 e. The SMILES string of the molecule is CCN(CC)C(=O)c1ccc([C@H](c2cccc(OC)c2)N2C[C@@H](C)NC[C@@H]2C)cc1. The molecule has 0 unspecified atom stereocenters. The van der Waals surface area contributed by atoms with Gasteiger partial charge in [0.2, 0.25) is 0 Å². The lowest BCUT2D eigenvalue weighted by Gasteiger charge is -2.43. The van der Waals surface area contributed by atoms with Crippen LogP contribution in [0.15, 0.2) is 48.5 Å². The van der Waals surface area contributed by atoms with Gasteiger partial charge in [-0.3, -0.25) is 9.69 Å². The van der Waals surface area contributed by atoms with Crippen molar-refractivity contribution in [3.8, 4) is 5.75 Å². The van der Waals surface area contributed by atoms with Gasteiger partial charge in [0.25, 0.3) is 5.91 Å². The van der Waals surface area contributed by atoms with Crippen LogP contribution in [0, 0.1) is 0 Å². The molecule has 1 fully saturated rings. The van der Waals surface area contributed by atoms with Gasteiger partial charge in [-0.05, 0) is 63.1 Å². The Labute approximate surface area is 181 Å². The molecule has 5 nitrogen and oxygen atoms in total. The maximum Gasteiger partial charge on any atom is 0.253 e. The number of nitrogens with zero attached hydrogens (tertiary/aromatic N) is 2. The summed E-state index contributed by atoms with van der Waals surface area (Å²) in [7, 11) is 1.71. The van der Waals surface area contributed by atoms with E-state index < -0.39 is 0 Å². The number of amides is 1. The zero-order valence-electron chi connectivity index (χ0n) is 18.9. The minimum absolute atomic E-state index is 0.0913. The third-order valence-electron chi connectivity index (χ3n) is 6.08. The van der Waals surface area contributed by atoms with Crippen LogP contribution in [0.5, 0.6) is 5.75 Å². The number of carbonyl (C=O) groups excluding carboxylic acids is 1. The van der Waals surface area contributed by atoms with Crippen molar-refractivity contribution in [3.05, 3.63) is 65.2 Å². The average Bonchev–Trinajstić information content (AvgIpc) is 2.77. The van der Waals surface area contributed by atoms with E-state index in [9.17, 15) is 4.79 Å². The first kappa shape index (κ1) is 22.3. The smallest absolute Gasteiger partial charge is 0.253 e. The van der Waals surface area contributed by atoms with Gasteiger partial charge < -0.3 is 15.0 Å². The Bertz CT molecular complexity index is 833. The Kier molecular flexibility index (Phi) is 7.51. The molecule has 0 saturated carbocycles. The predicted molar refractivity (Wildman–Crippen MR) is 122 cm³/mol. The molecule has 5 heteroatoms. The van der Waals surface area contributed by atoms with Crippen LogP contribution in [0.4, 0.5) is 0 Å². The quantitative estimate of drug-likeness (QED) is 0.752. The highest BCUT2D eigenvalue weighted by Crippen LogP contribution is 2.33. The molecule has 1 amide bonds. The Morgan fingerprint density at radius 1 is 1.13 bits per heavy atom. The lowest BCUT2D eigenvalue weighted by atomic mass is 9.93. The van der Waals surface area contributed by atoms with Gasteiger partial charge in [-0.2, -0.15) is 0 Å². The molecule has 1 aliphatic heterocycles. The monoisotopic (exact) mass is 409 g/mol. The maximum atomic E-state index is 12.7. The number of benzene rings is 2. The summed E-state index contributed by atoms with van der Waals surface area (Å²) >= 11 is 0. The van der Waals surface area contributed by atoms with Crippen LogP contribution in [0.1, 0.15) is 55.2 Å². The van der Waals surface area contributed by atoms with Crippen molar-refractivity contribution < 1.29 is 9.53 Å². The van der Waals surface area contributed by atoms with Gasteiger partial charge in [0.05, 0.1) is 13.2 Å². The van der Waals surface area contributed by atoms with E-state index in [1.54, 1.807) is 7.11 Å². The molecule has 162 valence electrons. The van der Waals surface area contributed by atoms with Crippen LogP contribution in [0.3, 0.4) is 0 Å². The van der Waals surface area contributed by atoms with E-state index in [4.69, 9.17) is 4.74 Å². The molecule has 1 aliphatic rings. The van der Waals surface area contributed by atoms with E-state index in [1.165, 1.54) is 11.1 Å². The fourth-order valence-electron chi connectivity index (χ4n) is 4.30. The summed E-state index contributed by atoms with van der Waals surface area (Å²) in [6.07, 6.45) is 0. The molecular formula is C25H35N3O2. The van der Waals surface area contributed by atoms with E-state index in [2.05, 4.69) is 54.4 Å². The summed E-state index contributed by atoms with van der Waals surface area (Å²) in [5, 5.41) is 3.57. The summed E-state index contributed by atoms with van der Waals surface area (Å²) in [5.41, 5.74) is 3.15. The number of nitrogens with one attached hydrogen (secondary N) is 1. The molecule has 0 spiro atoms. The number of hydrogen-bond donors (Lipinski definition) is 1. The molecule has 3 rings (SSSR count). The zero-order valence-corrected chi connectivity index (χ0v) is 18.9. The second-order valence-corrected chi connectivity index (χ2v) is 8.13. The van der Waals surface area contributed by atoms with Crippen molar-refractivity contribution in [3.63, 3.8) is 0 Å². The third-order valence-corrected chi connectivity index (χ3v) is 6.08. The molecular weight excluding hydrogens is 374 g/mol. The maximum absolute atomic E-state index is 12.7. The number of carbonyl (C=O) groups is 1. The standard InChI is InChI=1S/C25H35N3O2/c1-6-27(7-2)25(29)21-13-11-20(12-14-21)24(22-9-8-10-23(15-22)30-5)28-17-18(3)26-16-19(28)4/h8-15,18-19,24,26H,6-7,16-17H2,1-5H3/t18-,19+,24-/m1/s1. The molecule has 30 heavy (non-hydrogen) atoms. The van der Waals surface area contributed by atoms with Gasteiger partial charge in [0, 0.05) is 43.8 Å². The molecule has 2 aromatic rings. The number of ether oxygens (including phenoxy) is 1. The molecule has 1 saturated heterocycles. The Balaban J connectivity index is 1.98. The highest BCUT2D eigenvalue weighted by atomic mass is 16.5. The summed E-state index contributed by atoms with van der Waals surface area (Å²) in [6, 6.07) is 17.4. The van der Waals surface area contributed by atoms with Crippen LogP contribution in [0.2, 0.25) is 0 Å². The van der Waals surface area contributed by atoms with Gasteiger partial charge in [-0.25, -0.2) is 0 Å². The average molecular weight is 410 g/mol. The summed E-state index contributed by atoms with van der Waals surface area (Å²) in [6.45, 7) is 11.9. The van der Waals surface area contributed by atoms with E-state index in [1.807, 2.05) is 36.9 Å². The molecule has 1 N–H and O–H groups in total.